The van der Waals surface area contributed by atoms with Gasteiger partial charge in [0, 0.05) is 80.5 Å². The highest BCUT2D eigenvalue weighted by Crippen LogP contribution is 2.48. The van der Waals surface area contributed by atoms with Gasteiger partial charge in [0.15, 0.2) is 0 Å². The van der Waals surface area contributed by atoms with Crippen molar-refractivity contribution in [2.75, 3.05) is 0 Å². The summed E-state index contributed by atoms with van der Waals surface area (Å²) < 4.78 is 14.8. The Hall–Kier alpha value is -13.6. The van der Waals surface area contributed by atoms with Crippen LogP contribution in [-0.4, -0.2) is 37.4 Å². The van der Waals surface area contributed by atoms with E-state index in [1.165, 1.54) is 97.0 Å². The number of pyridine rings is 2. The summed E-state index contributed by atoms with van der Waals surface area (Å²) in [6.45, 7) is 0. The molecule has 17 aromatic carbocycles. The van der Waals surface area contributed by atoms with E-state index in [1.807, 2.05) is 24.8 Å². The summed E-state index contributed by atoms with van der Waals surface area (Å²) in [5.74, 6) is 0. The van der Waals surface area contributed by atoms with Crippen LogP contribution in [0.1, 0.15) is 0 Å². The minimum Gasteiger partial charge on any atom is -0.309 e. The second-order valence-electron chi connectivity index (χ2n) is 26.9. The van der Waals surface area contributed by atoms with Crippen molar-refractivity contribution in [3.8, 4) is 34.1 Å². The Labute approximate surface area is 570 Å². The molecule has 0 N–H and O–H groups in total. The molecule has 23 aromatic rings. The summed E-state index contributed by atoms with van der Waals surface area (Å²) in [4.78, 5) is 9.06. The lowest BCUT2D eigenvalue weighted by atomic mass is 9.92. The molecule has 0 radical (unpaired) electrons. The second kappa shape index (κ2) is 20.0. The molecular formula is C92H54N8. The van der Waals surface area contributed by atoms with E-state index in [2.05, 4.69) is 341 Å². The van der Waals surface area contributed by atoms with Crippen LogP contribution < -0.4 is 0 Å². The Morgan fingerprint density at radius 3 is 0.880 bits per heavy atom. The maximum absolute atomic E-state index is 4.53. The van der Waals surface area contributed by atoms with Gasteiger partial charge in [0.2, 0.25) is 0 Å². The molecule has 8 heteroatoms. The molecule has 100 heavy (non-hydrogen) atoms. The lowest BCUT2D eigenvalue weighted by Crippen LogP contribution is -2.09. The van der Waals surface area contributed by atoms with E-state index in [9.17, 15) is 0 Å². The Kier molecular flexibility index (Phi) is 10.7. The molecule has 462 valence electrons. The summed E-state index contributed by atoms with van der Waals surface area (Å²) in [7, 11) is 0. The molecule has 0 atom stereocenters. The van der Waals surface area contributed by atoms with E-state index in [1.54, 1.807) is 0 Å². The van der Waals surface area contributed by atoms with E-state index in [4.69, 9.17) is 0 Å². The monoisotopic (exact) mass is 1270 g/mol. The number of benzene rings is 17. The van der Waals surface area contributed by atoms with E-state index in [-0.39, 0.29) is 0 Å². The zero-order valence-electron chi connectivity index (χ0n) is 53.8. The van der Waals surface area contributed by atoms with E-state index in [0.29, 0.717) is 0 Å². The molecule has 0 aliphatic heterocycles. The number of aromatic nitrogens is 8. The first-order chi connectivity index (χ1) is 49.6. The molecule has 23 rings (SSSR count). The van der Waals surface area contributed by atoms with Gasteiger partial charge in [0.25, 0.3) is 0 Å². The Morgan fingerprint density at radius 2 is 0.470 bits per heavy atom. The average molecular weight is 1270 g/mol. The van der Waals surface area contributed by atoms with Gasteiger partial charge in [-0.15, -0.1) is 0 Å². The number of hydrogen-bond donors (Lipinski definition) is 0. The van der Waals surface area contributed by atoms with Gasteiger partial charge in [-0.25, -0.2) is 0 Å². The van der Waals surface area contributed by atoms with E-state index < -0.39 is 0 Å². The lowest BCUT2D eigenvalue weighted by Gasteiger charge is -2.23. The van der Waals surface area contributed by atoms with Crippen molar-refractivity contribution in [2.45, 2.75) is 0 Å². The van der Waals surface area contributed by atoms with Crippen molar-refractivity contribution >= 4 is 174 Å². The van der Waals surface area contributed by atoms with Crippen molar-refractivity contribution in [3.05, 3.63) is 328 Å². The van der Waals surface area contributed by atoms with Crippen molar-refractivity contribution in [1.82, 2.24) is 37.4 Å². The topological polar surface area (TPSA) is 55.4 Å². The molecule has 0 unspecified atom stereocenters. The van der Waals surface area contributed by atoms with Crippen LogP contribution in [-0.2, 0) is 0 Å². The largest absolute Gasteiger partial charge is 0.309 e. The molecule has 0 aliphatic carbocycles. The molecular weight excluding hydrogens is 1220 g/mol. The molecule has 8 nitrogen and oxygen atoms in total. The van der Waals surface area contributed by atoms with Crippen LogP contribution in [0.25, 0.3) is 208 Å². The molecule has 0 bridgehead atoms. The second-order valence-corrected chi connectivity index (χ2v) is 26.9. The van der Waals surface area contributed by atoms with Crippen molar-refractivity contribution in [1.29, 1.82) is 0 Å². The molecule has 0 saturated heterocycles. The number of para-hydroxylation sites is 6. The highest BCUT2D eigenvalue weighted by molar-refractivity contribution is 6.35. The summed E-state index contributed by atoms with van der Waals surface area (Å²) >= 11 is 0. The number of hydrogen-bond acceptors (Lipinski definition) is 2. The molecule has 6 aromatic heterocycles. The third-order valence-electron chi connectivity index (χ3n) is 21.8. The van der Waals surface area contributed by atoms with Gasteiger partial charge in [-0.05, 0) is 220 Å². The fraction of sp³-hybridized carbons (Fsp3) is 0. The Bertz CT molecular complexity index is 7010. The zero-order chi connectivity index (χ0) is 65.0. The summed E-state index contributed by atoms with van der Waals surface area (Å²) in [5, 5.41) is 24.7. The van der Waals surface area contributed by atoms with Crippen LogP contribution in [0.5, 0.6) is 0 Å². The van der Waals surface area contributed by atoms with Crippen molar-refractivity contribution < 1.29 is 0 Å². The summed E-state index contributed by atoms with van der Waals surface area (Å²) in [6.07, 6.45) is 7.64. The number of fused-ring (bicyclic) bond motifs is 15. The zero-order valence-corrected chi connectivity index (χ0v) is 53.8. The third kappa shape index (κ3) is 7.32. The molecule has 6 heterocycles. The van der Waals surface area contributed by atoms with Crippen molar-refractivity contribution in [2.24, 2.45) is 0 Å². The number of nitrogens with zero attached hydrogens (tertiary/aromatic N) is 8. The van der Waals surface area contributed by atoms with Crippen LogP contribution in [0.15, 0.2) is 328 Å². The Morgan fingerprint density at radius 1 is 0.150 bits per heavy atom. The minimum absolute atomic E-state index is 1.06. The van der Waals surface area contributed by atoms with Gasteiger partial charge >= 0.3 is 0 Å². The van der Waals surface area contributed by atoms with Crippen LogP contribution in [0.2, 0.25) is 0 Å². The predicted octanol–water partition coefficient (Wildman–Crippen LogP) is 23.7. The molecule has 0 spiro atoms. The maximum atomic E-state index is 4.53. The van der Waals surface area contributed by atoms with Gasteiger partial charge in [-0.3, -0.25) is 9.97 Å². The summed E-state index contributed by atoms with van der Waals surface area (Å²) in [5.41, 5.74) is 19.8. The van der Waals surface area contributed by atoms with Gasteiger partial charge in [0.05, 0.1) is 66.2 Å². The molecule has 0 aliphatic rings. The molecule has 0 amide bonds. The van der Waals surface area contributed by atoms with E-state index in [0.717, 1.165) is 111 Å². The normalized spacial score (nSPS) is 12.4. The average Bonchev–Trinajstić information content (AvgIpc) is 1.49. The van der Waals surface area contributed by atoms with E-state index >= 15 is 0 Å². The SMILES string of the molecule is c1ccc(-n2c3ccccc3n(-c3ccc4c(ccc5cc(-n6c7ccccc7n(-c7ccccc7)c7cc8c9c%10ccc%11cccc%12ccc(cc9n(-c9ccncc9)c8cc76)c%10c%12%11)ccc54)c3)c3cc4c(cc32)c2c3ccc5cccc6ccc(cc2n4-c2ccncc2)c3c65)cc1. The minimum atomic E-state index is 1.06. The first-order valence-corrected chi connectivity index (χ1v) is 34.3. The first kappa shape index (κ1) is 53.7. The highest BCUT2D eigenvalue weighted by Gasteiger charge is 2.26. The van der Waals surface area contributed by atoms with Crippen LogP contribution in [0.3, 0.4) is 0 Å². The van der Waals surface area contributed by atoms with Crippen LogP contribution in [0, 0.1) is 0 Å². The number of rotatable bonds is 6. The highest BCUT2D eigenvalue weighted by atomic mass is 15.1. The van der Waals surface area contributed by atoms with Crippen LogP contribution in [0.4, 0.5) is 0 Å². The molecule has 0 saturated carbocycles. The standard InChI is InChI=1S/C92H54N8/c1-3-17-63(18-4-1)95-75-21-7-9-23-77(75)99(83-53-79-73(51-81(83)95)91-71-35-31-57-15-11-13-55-25-29-61(89(71)87(55)57)49-85(91)97(79)65-39-43-93-44-40-65)67-33-37-69-59(47-67)27-28-60-48-68(34-38-70(60)69)100-78-24-10-8-22-76(78)96(64-19-5-2-6-20-64)82-52-74-80(54-84(82)100)98(66-41-45-94-46-42-66)86-50-62-30-26-56-14-12-16-58-32-36-72(92(74)86)90(62)88(56)58/h1-54H. The molecule has 0 fully saturated rings. The fourth-order valence-electron chi connectivity index (χ4n) is 17.7. The van der Waals surface area contributed by atoms with Gasteiger partial charge in [0.1, 0.15) is 0 Å². The third-order valence-corrected chi connectivity index (χ3v) is 21.8. The van der Waals surface area contributed by atoms with Gasteiger partial charge < -0.3 is 27.4 Å². The van der Waals surface area contributed by atoms with Crippen LogP contribution >= 0.6 is 0 Å². The maximum Gasteiger partial charge on any atom is 0.0724 e. The Balaban J connectivity index is 0.762. The summed E-state index contributed by atoms with van der Waals surface area (Å²) in [6, 6.07) is 113. The predicted molar refractivity (Wildman–Crippen MR) is 418 cm³/mol. The van der Waals surface area contributed by atoms with Gasteiger partial charge in [-0.1, -0.05) is 170 Å². The smallest absolute Gasteiger partial charge is 0.0724 e. The van der Waals surface area contributed by atoms with Crippen molar-refractivity contribution in [3.63, 3.8) is 0 Å². The lowest BCUT2D eigenvalue weighted by molar-refractivity contribution is 1.09. The quantitative estimate of drug-likeness (QED) is 0.123. The fourth-order valence-corrected chi connectivity index (χ4v) is 17.7. The van der Waals surface area contributed by atoms with Gasteiger partial charge in [-0.2, -0.15) is 0 Å². The first-order valence-electron chi connectivity index (χ1n) is 34.3.